The van der Waals surface area contributed by atoms with E-state index in [0.717, 1.165) is 61.5 Å². The summed E-state index contributed by atoms with van der Waals surface area (Å²) in [5.41, 5.74) is 7.10. The van der Waals surface area contributed by atoms with Crippen molar-refractivity contribution in [2.75, 3.05) is 14.2 Å². The summed E-state index contributed by atoms with van der Waals surface area (Å²) in [4.78, 5) is 11.6. The van der Waals surface area contributed by atoms with E-state index in [1.165, 1.54) is 0 Å². The molecule has 0 bridgehead atoms. The first-order valence-corrected chi connectivity index (χ1v) is 9.47. The van der Waals surface area contributed by atoms with Crippen LogP contribution in [0.3, 0.4) is 0 Å². The van der Waals surface area contributed by atoms with Crippen molar-refractivity contribution in [2.45, 2.75) is 6.92 Å². The predicted molar refractivity (Wildman–Crippen MR) is 117 cm³/mol. The molecule has 2 heterocycles. The van der Waals surface area contributed by atoms with Crippen molar-refractivity contribution >= 4 is 21.9 Å². The SMILES string of the molecule is COc1cc(-c2cccc3[nH]c(-c4ccc5[nH]ccc5c4)nc23)cc(OC)c1C. The normalized spacial score (nSPS) is 11.3. The number of nitrogens with one attached hydrogen (secondary N) is 2. The van der Waals surface area contributed by atoms with Gasteiger partial charge in [-0.25, -0.2) is 4.98 Å². The van der Waals surface area contributed by atoms with E-state index in [9.17, 15) is 0 Å². The molecule has 0 unspecified atom stereocenters. The molecule has 0 aliphatic rings. The van der Waals surface area contributed by atoms with Crippen molar-refractivity contribution in [3.05, 3.63) is 66.4 Å². The Morgan fingerprint density at radius 1 is 0.828 bits per heavy atom. The molecule has 0 aliphatic heterocycles. The number of hydrogen-bond donors (Lipinski definition) is 2. The molecule has 2 N–H and O–H groups in total. The standard InChI is InChI=1S/C24H21N3O2/c1-14-21(28-2)12-17(13-22(14)29-3)18-5-4-6-20-23(18)27-24(26-20)16-7-8-19-15(11-16)9-10-25-19/h4-13,25H,1-3H3,(H,26,27). The second kappa shape index (κ2) is 6.71. The minimum absolute atomic E-state index is 0.796. The van der Waals surface area contributed by atoms with Crippen LogP contribution in [0.4, 0.5) is 0 Å². The molecule has 3 aromatic carbocycles. The Balaban J connectivity index is 1.68. The number of methoxy groups -OCH3 is 2. The highest BCUT2D eigenvalue weighted by Crippen LogP contribution is 2.37. The lowest BCUT2D eigenvalue weighted by atomic mass is 10.0. The molecule has 5 nitrogen and oxygen atoms in total. The van der Waals surface area contributed by atoms with Gasteiger partial charge in [0.05, 0.1) is 25.3 Å². The lowest BCUT2D eigenvalue weighted by molar-refractivity contribution is 0.389. The Labute approximate surface area is 168 Å². The maximum Gasteiger partial charge on any atom is 0.138 e. The van der Waals surface area contributed by atoms with E-state index >= 15 is 0 Å². The molecule has 29 heavy (non-hydrogen) atoms. The number of hydrogen-bond acceptors (Lipinski definition) is 3. The van der Waals surface area contributed by atoms with Crippen molar-refractivity contribution in [2.24, 2.45) is 0 Å². The highest BCUT2D eigenvalue weighted by atomic mass is 16.5. The summed E-state index contributed by atoms with van der Waals surface area (Å²) in [5, 5.41) is 1.16. The number of H-pyrrole nitrogens is 2. The van der Waals surface area contributed by atoms with Crippen LogP contribution in [-0.4, -0.2) is 29.2 Å². The van der Waals surface area contributed by atoms with Gasteiger partial charge in [-0.05, 0) is 55.0 Å². The second-order valence-corrected chi connectivity index (χ2v) is 7.07. The Kier molecular flexibility index (Phi) is 4.02. The Bertz CT molecular complexity index is 1320. The van der Waals surface area contributed by atoms with Crippen molar-refractivity contribution in [1.29, 1.82) is 0 Å². The van der Waals surface area contributed by atoms with Crippen molar-refractivity contribution in [3.8, 4) is 34.0 Å². The van der Waals surface area contributed by atoms with E-state index in [-0.39, 0.29) is 0 Å². The number of aromatic amines is 2. The Morgan fingerprint density at radius 2 is 1.62 bits per heavy atom. The molecule has 0 saturated carbocycles. The molecule has 0 saturated heterocycles. The molecule has 0 aliphatic carbocycles. The topological polar surface area (TPSA) is 62.9 Å². The molecule has 5 aromatic rings. The van der Waals surface area contributed by atoms with Crippen LogP contribution in [0.5, 0.6) is 11.5 Å². The molecule has 144 valence electrons. The molecule has 0 spiro atoms. The number of nitrogens with zero attached hydrogens (tertiary/aromatic N) is 1. The summed E-state index contributed by atoms with van der Waals surface area (Å²) in [6, 6.07) is 18.6. The number of ether oxygens (including phenoxy) is 2. The van der Waals surface area contributed by atoms with E-state index < -0.39 is 0 Å². The summed E-state index contributed by atoms with van der Waals surface area (Å²) in [6.45, 7) is 1.99. The van der Waals surface area contributed by atoms with Crippen LogP contribution in [0.25, 0.3) is 44.5 Å². The van der Waals surface area contributed by atoms with Gasteiger partial charge in [-0.3, -0.25) is 0 Å². The zero-order valence-electron chi connectivity index (χ0n) is 16.5. The highest BCUT2D eigenvalue weighted by molar-refractivity contribution is 5.95. The van der Waals surface area contributed by atoms with Gasteiger partial charge in [0.1, 0.15) is 17.3 Å². The summed E-state index contributed by atoms with van der Waals surface area (Å²) in [5.74, 6) is 2.44. The first-order chi connectivity index (χ1) is 14.2. The zero-order chi connectivity index (χ0) is 20.0. The third-order valence-corrected chi connectivity index (χ3v) is 5.40. The fourth-order valence-corrected chi connectivity index (χ4v) is 3.84. The summed E-state index contributed by atoms with van der Waals surface area (Å²) < 4.78 is 11.1. The van der Waals surface area contributed by atoms with E-state index in [0.29, 0.717) is 0 Å². The number of fused-ring (bicyclic) bond motifs is 2. The summed E-state index contributed by atoms with van der Waals surface area (Å²) >= 11 is 0. The third-order valence-electron chi connectivity index (χ3n) is 5.40. The molecule has 0 radical (unpaired) electrons. The smallest absolute Gasteiger partial charge is 0.138 e. The minimum Gasteiger partial charge on any atom is -0.496 e. The molecule has 0 fully saturated rings. The van der Waals surface area contributed by atoms with Crippen LogP contribution in [0.15, 0.2) is 60.8 Å². The first-order valence-electron chi connectivity index (χ1n) is 9.47. The minimum atomic E-state index is 0.796. The van der Waals surface area contributed by atoms with Gasteiger partial charge in [-0.2, -0.15) is 0 Å². The van der Waals surface area contributed by atoms with Gasteiger partial charge < -0.3 is 19.4 Å². The molecule has 5 heteroatoms. The van der Waals surface area contributed by atoms with Crippen molar-refractivity contribution in [3.63, 3.8) is 0 Å². The molecule has 0 atom stereocenters. The molecule has 5 rings (SSSR count). The lowest BCUT2D eigenvalue weighted by Crippen LogP contribution is -1.94. The van der Waals surface area contributed by atoms with Crippen LogP contribution < -0.4 is 9.47 Å². The van der Waals surface area contributed by atoms with Gasteiger partial charge in [0.2, 0.25) is 0 Å². The molecular weight excluding hydrogens is 362 g/mol. The van der Waals surface area contributed by atoms with Crippen molar-refractivity contribution in [1.82, 2.24) is 15.0 Å². The molecular formula is C24H21N3O2. The number of aromatic nitrogens is 3. The van der Waals surface area contributed by atoms with Crippen LogP contribution in [-0.2, 0) is 0 Å². The van der Waals surface area contributed by atoms with Gasteiger partial charge in [0.25, 0.3) is 0 Å². The van der Waals surface area contributed by atoms with Gasteiger partial charge in [-0.1, -0.05) is 12.1 Å². The van der Waals surface area contributed by atoms with E-state index in [2.05, 4.69) is 40.3 Å². The zero-order valence-corrected chi connectivity index (χ0v) is 16.5. The monoisotopic (exact) mass is 383 g/mol. The number of benzene rings is 3. The van der Waals surface area contributed by atoms with Crippen LogP contribution in [0, 0.1) is 6.92 Å². The number of imidazole rings is 1. The largest absolute Gasteiger partial charge is 0.496 e. The predicted octanol–water partition coefficient (Wildman–Crippen LogP) is 5.70. The van der Waals surface area contributed by atoms with Gasteiger partial charge in [-0.15, -0.1) is 0 Å². The average Bonchev–Trinajstić information content (AvgIpc) is 3.39. The summed E-state index contributed by atoms with van der Waals surface area (Å²) in [7, 11) is 3.35. The molecule has 0 amide bonds. The van der Waals surface area contributed by atoms with Crippen LogP contribution >= 0.6 is 0 Å². The summed E-state index contributed by atoms with van der Waals surface area (Å²) in [6.07, 6.45) is 1.95. The van der Waals surface area contributed by atoms with Crippen LogP contribution in [0.2, 0.25) is 0 Å². The van der Waals surface area contributed by atoms with E-state index in [4.69, 9.17) is 14.5 Å². The van der Waals surface area contributed by atoms with Gasteiger partial charge >= 0.3 is 0 Å². The maximum absolute atomic E-state index is 5.56. The number of rotatable bonds is 4. The maximum atomic E-state index is 5.56. The fraction of sp³-hybridized carbons (Fsp3) is 0.125. The highest BCUT2D eigenvalue weighted by Gasteiger charge is 2.15. The van der Waals surface area contributed by atoms with Crippen molar-refractivity contribution < 1.29 is 9.47 Å². The van der Waals surface area contributed by atoms with Crippen LogP contribution in [0.1, 0.15) is 5.56 Å². The third kappa shape index (κ3) is 2.83. The fourth-order valence-electron chi connectivity index (χ4n) is 3.84. The Morgan fingerprint density at radius 3 is 2.38 bits per heavy atom. The number of para-hydroxylation sites is 1. The first kappa shape index (κ1) is 17.4. The molecule has 2 aromatic heterocycles. The quantitative estimate of drug-likeness (QED) is 0.418. The van der Waals surface area contributed by atoms with E-state index in [1.807, 2.05) is 37.4 Å². The second-order valence-electron chi connectivity index (χ2n) is 7.07. The lowest BCUT2D eigenvalue weighted by Gasteiger charge is -2.13. The van der Waals surface area contributed by atoms with E-state index in [1.54, 1.807) is 14.2 Å². The van der Waals surface area contributed by atoms with Gasteiger partial charge in [0.15, 0.2) is 0 Å². The Hall–Kier alpha value is -3.73. The van der Waals surface area contributed by atoms with Gasteiger partial charge in [0, 0.05) is 33.8 Å². The average molecular weight is 383 g/mol.